The molecule has 0 saturated carbocycles. The minimum atomic E-state index is -0.703. The molecule has 3 amide bonds. The Morgan fingerprint density at radius 2 is 1.91 bits per heavy atom. The van der Waals surface area contributed by atoms with Crippen molar-refractivity contribution >= 4 is 17.9 Å². The second-order valence-corrected chi connectivity index (χ2v) is 4.86. The Bertz CT molecular complexity index is 585. The monoisotopic (exact) mass is 306 g/mol. The van der Waals surface area contributed by atoms with E-state index in [4.69, 9.17) is 9.47 Å². The summed E-state index contributed by atoms with van der Waals surface area (Å²) in [7, 11) is 1.37. The molecule has 0 fully saturated rings. The molecule has 0 saturated heterocycles. The van der Waals surface area contributed by atoms with Crippen LogP contribution in [0.15, 0.2) is 18.2 Å². The van der Waals surface area contributed by atoms with Gasteiger partial charge in [-0.15, -0.1) is 0 Å². The van der Waals surface area contributed by atoms with Crippen molar-refractivity contribution in [2.45, 2.75) is 19.3 Å². The quantitative estimate of drug-likeness (QED) is 0.775. The SMILES string of the molecule is CNC(=O)NC(=O)COC(=O)COc1ccc2c(c1)CCC2. The van der Waals surface area contributed by atoms with E-state index in [9.17, 15) is 14.4 Å². The predicted molar refractivity (Wildman–Crippen MR) is 77.5 cm³/mol. The summed E-state index contributed by atoms with van der Waals surface area (Å²) in [6.45, 7) is -0.814. The Kier molecular flexibility index (Phi) is 5.35. The van der Waals surface area contributed by atoms with Crippen LogP contribution >= 0.6 is 0 Å². The number of benzene rings is 1. The lowest BCUT2D eigenvalue weighted by Gasteiger charge is -2.08. The number of imide groups is 1. The second kappa shape index (κ2) is 7.44. The Morgan fingerprint density at radius 3 is 2.68 bits per heavy atom. The number of urea groups is 1. The van der Waals surface area contributed by atoms with Gasteiger partial charge >= 0.3 is 12.0 Å². The highest BCUT2D eigenvalue weighted by Crippen LogP contribution is 2.25. The number of esters is 1. The molecule has 0 aliphatic heterocycles. The van der Waals surface area contributed by atoms with Crippen molar-refractivity contribution in [1.29, 1.82) is 0 Å². The molecular formula is C15H18N2O5. The van der Waals surface area contributed by atoms with Gasteiger partial charge in [-0.3, -0.25) is 10.1 Å². The first-order valence-corrected chi connectivity index (χ1v) is 7.00. The summed E-state index contributed by atoms with van der Waals surface area (Å²) in [6.07, 6.45) is 3.25. The predicted octanol–water partition coefficient (Wildman–Crippen LogP) is 0.553. The minimum Gasteiger partial charge on any atom is -0.482 e. The van der Waals surface area contributed by atoms with Crippen LogP contribution in [0.25, 0.3) is 0 Å². The molecule has 2 N–H and O–H groups in total. The number of hydrogen-bond acceptors (Lipinski definition) is 5. The molecule has 118 valence electrons. The fraction of sp³-hybridized carbons (Fsp3) is 0.400. The average Bonchev–Trinajstić information content (AvgIpc) is 2.98. The number of carbonyl (C=O) groups excluding carboxylic acids is 3. The molecule has 2 rings (SSSR count). The van der Waals surface area contributed by atoms with Crippen molar-refractivity contribution in [2.75, 3.05) is 20.3 Å². The number of hydrogen-bond donors (Lipinski definition) is 2. The molecule has 1 aliphatic rings. The van der Waals surface area contributed by atoms with Crippen LogP contribution in [-0.4, -0.2) is 38.2 Å². The third-order valence-corrected chi connectivity index (χ3v) is 3.27. The molecule has 0 radical (unpaired) electrons. The van der Waals surface area contributed by atoms with E-state index in [1.807, 2.05) is 23.5 Å². The zero-order valence-electron chi connectivity index (χ0n) is 12.3. The fourth-order valence-electron chi connectivity index (χ4n) is 2.19. The Labute approximate surface area is 128 Å². The number of aryl methyl sites for hydroxylation is 2. The Balaban J connectivity index is 1.71. The summed E-state index contributed by atoms with van der Waals surface area (Å²) in [4.78, 5) is 33.6. The molecule has 0 unspecified atom stereocenters. The van der Waals surface area contributed by atoms with Crippen molar-refractivity contribution in [3.8, 4) is 5.75 Å². The first-order valence-electron chi connectivity index (χ1n) is 7.00. The lowest BCUT2D eigenvalue weighted by Crippen LogP contribution is -2.40. The molecule has 0 bridgehead atoms. The minimum absolute atomic E-state index is 0.286. The summed E-state index contributed by atoms with van der Waals surface area (Å²) >= 11 is 0. The van der Waals surface area contributed by atoms with Gasteiger partial charge in [0.05, 0.1) is 0 Å². The maximum absolute atomic E-state index is 11.5. The van der Waals surface area contributed by atoms with Crippen LogP contribution in [0.3, 0.4) is 0 Å². The normalized spacial score (nSPS) is 12.2. The maximum Gasteiger partial charge on any atom is 0.344 e. The van der Waals surface area contributed by atoms with Gasteiger partial charge < -0.3 is 14.8 Å². The zero-order valence-corrected chi connectivity index (χ0v) is 12.3. The van der Waals surface area contributed by atoms with Gasteiger partial charge in [0.2, 0.25) is 0 Å². The molecule has 1 aromatic carbocycles. The molecule has 22 heavy (non-hydrogen) atoms. The Hall–Kier alpha value is -2.57. The molecule has 1 aliphatic carbocycles. The first kappa shape index (κ1) is 15.8. The van der Waals surface area contributed by atoms with Gasteiger partial charge in [-0.2, -0.15) is 0 Å². The second-order valence-electron chi connectivity index (χ2n) is 4.86. The van der Waals surface area contributed by atoms with Crippen molar-refractivity contribution in [2.24, 2.45) is 0 Å². The number of ether oxygens (including phenoxy) is 2. The number of nitrogens with one attached hydrogen (secondary N) is 2. The van der Waals surface area contributed by atoms with Gasteiger partial charge in [-0.1, -0.05) is 6.07 Å². The topological polar surface area (TPSA) is 93.7 Å². The van der Waals surface area contributed by atoms with E-state index >= 15 is 0 Å². The van der Waals surface area contributed by atoms with Crippen LogP contribution in [0.1, 0.15) is 17.5 Å². The zero-order chi connectivity index (χ0) is 15.9. The summed E-state index contributed by atoms with van der Waals surface area (Å²) in [5.74, 6) is -0.773. The van der Waals surface area contributed by atoms with Crippen LogP contribution in [0.2, 0.25) is 0 Å². The van der Waals surface area contributed by atoms with E-state index in [0.29, 0.717) is 5.75 Å². The Morgan fingerprint density at radius 1 is 1.14 bits per heavy atom. The molecule has 0 heterocycles. The van der Waals surface area contributed by atoms with Crippen molar-refractivity contribution in [3.05, 3.63) is 29.3 Å². The van der Waals surface area contributed by atoms with Crippen LogP contribution < -0.4 is 15.4 Å². The number of rotatable bonds is 5. The molecule has 0 spiro atoms. The highest BCUT2D eigenvalue weighted by molar-refractivity contribution is 5.95. The molecular weight excluding hydrogens is 288 g/mol. The molecule has 7 nitrogen and oxygen atoms in total. The van der Waals surface area contributed by atoms with Crippen LogP contribution in [0.4, 0.5) is 4.79 Å². The van der Waals surface area contributed by atoms with E-state index in [-0.39, 0.29) is 6.61 Å². The van der Waals surface area contributed by atoms with Gasteiger partial charge in [0.1, 0.15) is 5.75 Å². The van der Waals surface area contributed by atoms with E-state index < -0.39 is 24.5 Å². The number of amides is 3. The summed E-state index contributed by atoms with van der Waals surface area (Å²) in [6, 6.07) is 5.08. The summed E-state index contributed by atoms with van der Waals surface area (Å²) in [5.41, 5.74) is 2.57. The average molecular weight is 306 g/mol. The van der Waals surface area contributed by atoms with Gasteiger partial charge in [-0.05, 0) is 42.5 Å². The summed E-state index contributed by atoms with van der Waals surface area (Å²) < 4.78 is 10.0. The van der Waals surface area contributed by atoms with Crippen molar-refractivity contribution in [3.63, 3.8) is 0 Å². The largest absolute Gasteiger partial charge is 0.482 e. The molecule has 0 atom stereocenters. The van der Waals surface area contributed by atoms with E-state index in [1.54, 1.807) is 0 Å². The van der Waals surface area contributed by atoms with E-state index in [1.165, 1.54) is 18.2 Å². The van der Waals surface area contributed by atoms with E-state index in [0.717, 1.165) is 19.3 Å². The maximum atomic E-state index is 11.5. The third kappa shape index (κ3) is 4.47. The van der Waals surface area contributed by atoms with Gasteiger partial charge in [0.15, 0.2) is 13.2 Å². The fourth-order valence-corrected chi connectivity index (χ4v) is 2.19. The lowest BCUT2D eigenvalue weighted by atomic mass is 10.1. The smallest absolute Gasteiger partial charge is 0.344 e. The van der Waals surface area contributed by atoms with Gasteiger partial charge in [0, 0.05) is 7.05 Å². The summed E-state index contributed by atoms with van der Waals surface area (Å²) in [5, 5.41) is 4.19. The van der Waals surface area contributed by atoms with Crippen LogP contribution in [0.5, 0.6) is 5.75 Å². The lowest BCUT2D eigenvalue weighted by molar-refractivity contribution is -0.150. The highest BCUT2D eigenvalue weighted by atomic mass is 16.6. The highest BCUT2D eigenvalue weighted by Gasteiger charge is 2.13. The third-order valence-electron chi connectivity index (χ3n) is 3.27. The van der Waals surface area contributed by atoms with Crippen molar-refractivity contribution < 1.29 is 23.9 Å². The van der Waals surface area contributed by atoms with Gasteiger partial charge in [-0.25, -0.2) is 9.59 Å². The van der Waals surface area contributed by atoms with Crippen LogP contribution in [0, 0.1) is 0 Å². The standard InChI is InChI=1S/C15H18N2O5/c1-16-15(20)17-13(18)8-22-14(19)9-21-12-6-5-10-3-2-4-11(10)7-12/h5-7H,2-4,8-9H2,1H3,(H2,16,17,18,20). The number of carbonyl (C=O) groups is 3. The van der Waals surface area contributed by atoms with Crippen molar-refractivity contribution in [1.82, 2.24) is 10.6 Å². The molecule has 0 aromatic heterocycles. The molecule has 1 aromatic rings. The molecule has 7 heteroatoms. The van der Waals surface area contributed by atoms with Crippen LogP contribution in [-0.2, 0) is 27.2 Å². The first-order chi connectivity index (χ1) is 10.6. The number of fused-ring (bicyclic) bond motifs is 1. The van der Waals surface area contributed by atoms with E-state index in [2.05, 4.69) is 5.32 Å². The van der Waals surface area contributed by atoms with Gasteiger partial charge in [0.25, 0.3) is 5.91 Å².